The van der Waals surface area contributed by atoms with Gasteiger partial charge in [0.2, 0.25) is 0 Å². The Kier molecular flexibility index (Phi) is 3.29. The smallest absolute Gasteiger partial charge is 0.285 e. The number of nitrogens with one attached hydrogen (secondary N) is 1. The minimum Gasteiger partial charge on any atom is -0.319 e. The van der Waals surface area contributed by atoms with E-state index < -0.39 is 15.5 Å². The number of fused-ring (bicyclic) bond motifs is 3. The molecular weight excluding hydrogens is 340 g/mol. The van der Waals surface area contributed by atoms with E-state index in [4.69, 9.17) is 0 Å². The molecule has 2 aromatic heterocycles. The Morgan fingerprint density at radius 1 is 0.885 bits per heavy atom. The molecule has 1 N–H and O–H groups in total. The molecule has 0 unspecified atom stereocenters. The molecule has 0 aliphatic rings. The zero-order valence-electron chi connectivity index (χ0n) is 13.1. The van der Waals surface area contributed by atoms with Gasteiger partial charge in [-0.25, -0.2) is 0 Å². The van der Waals surface area contributed by atoms with E-state index in [0.717, 1.165) is 6.07 Å². The van der Waals surface area contributed by atoms with E-state index in [1.807, 2.05) is 0 Å². The molecule has 26 heavy (non-hydrogen) atoms. The minimum atomic E-state index is -0.687. The standard InChI is InChI=1S/C17H10N4O5/c22-17-15-8-7-13(19(15)14-4-2-1-3-12(14)18-17)11-6-5-10(20(23)24)9-16(11)21(25)26/h1-9H,(H,18,22). The Labute approximate surface area is 144 Å². The van der Waals surface area contributed by atoms with Crippen LogP contribution in [0.25, 0.3) is 27.8 Å². The average Bonchev–Trinajstić information content (AvgIpc) is 3.07. The van der Waals surface area contributed by atoms with Gasteiger partial charge in [0.1, 0.15) is 5.52 Å². The number of aromatic amines is 1. The van der Waals surface area contributed by atoms with Crippen molar-refractivity contribution in [3.63, 3.8) is 0 Å². The van der Waals surface area contributed by atoms with Crippen molar-refractivity contribution in [1.29, 1.82) is 0 Å². The fourth-order valence-electron chi connectivity index (χ4n) is 3.05. The number of rotatable bonds is 3. The van der Waals surface area contributed by atoms with Gasteiger partial charge in [0.05, 0.1) is 38.2 Å². The Morgan fingerprint density at radius 2 is 1.65 bits per heavy atom. The van der Waals surface area contributed by atoms with Gasteiger partial charge in [-0.15, -0.1) is 0 Å². The second kappa shape index (κ2) is 5.52. The Morgan fingerprint density at radius 3 is 2.38 bits per heavy atom. The monoisotopic (exact) mass is 350 g/mol. The molecule has 0 spiro atoms. The normalized spacial score (nSPS) is 11.1. The zero-order valence-corrected chi connectivity index (χ0v) is 13.1. The van der Waals surface area contributed by atoms with E-state index in [0.29, 0.717) is 22.2 Å². The van der Waals surface area contributed by atoms with Crippen LogP contribution in [-0.2, 0) is 0 Å². The largest absolute Gasteiger partial charge is 0.319 e. The van der Waals surface area contributed by atoms with Gasteiger partial charge in [0.25, 0.3) is 16.9 Å². The number of benzene rings is 2. The van der Waals surface area contributed by atoms with Crippen molar-refractivity contribution in [3.05, 3.63) is 85.2 Å². The number of nitro groups is 2. The third kappa shape index (κ3) is 2.22. The first kappa shape index (κ1) is 15.5. The van der Waals surface area contributed by atoms with Crippen LogP contribution in [0.15, 0.2) is 59.4 Å². The summed E-state index contributed by atoms with van der Waals surface area (Å²) < 4.78 is 1.61. The quantitative estimate of drug-likeness (QED) is 0.448. The van der Waals surface area contributed by atoms with Gasteiger partial charge in [-0.05, 0) is 30.3 Å². The molecule has 9 nitrogen and oxygen atoms in total. The maximum Gasteiger partial charge on any atom is 0.285 e. The predicted octanol–water partition coefficient (Wildman–Crippen LogP) is 3.26. The van der Waals surface area contributed by atoms with E-state index in [2.05, 4.69) is 4.98 Å². The SMILES string of the molecule is O=c1[nH]c2ccccc2n2c(-c3ccc([N+](=O)[O-])cc3[N+](=O)[O-])ccc12. The van der Waals surface area contributed by atoms with Crippen LogP contribution >= 0.6 is 0 Å². The van der Waals surface area contributed by atoms with Crippen molar-refractivity contribution in [1.82, 2.24) is 9.38 Å². The summed E-state index contributed by atoms with van der Waals surface area (Å²) in [5, 5.41) is 22.4. The van der Waals surface area contributed by atoms with Gasteiger partial charge in [-0.1, -0.05) is 12.1 Å². The number of nitro benzene ring substituents is 2. The maximum atomic E-state index is 12.3. The highest BCUT2D eigenvalue weighted by Gasteiger charge is 2.23. The van der Waals surface area contributed by atoms with Gasteiger partial charge < -0.3 is 9.38 Å². The number of H-pyrrole nitrogens is 1. The number of nitrogens with zero attached hydrogens (tertiary/aromatic N) is 3. The molecule has 0 bridgehead atoms. The summed E-state index contributed by atoms with van der Waals surface area (Å²) >= 11 is 0. The summed E-state index contributed by atoms with van der Waals surface area (Å²) in [6.07, 6.45) is 0. The summed E-state index contributed by atoms with van der Waals surface area (Å²) in [5.41, 5.74) is 1.06. The molecule has 0 radical (unpaired) electrons. The summed E-state index contributed by atoms with van der Waals surface area (Å²) in [5.74, 6) is 0. The van der Waals surface area contributed by atoms with Crippen LogP contribution in [0.1, 0.15) is 0 Å². The van der Waals surface area contributed by atoms with Crippen molar-refractivity contribution in [2.75, 3.05) is 0 Å². The summed E-state index contributed by atoms with van der Waals surface area (Å²) in [6, 6.07) is 13.7. The summed E-state index contributed by atoms with van der Waals surface area (Å²) in [7, 11) is 0. The van der Waals surface area contributed by atoms with Crippen molar-refractivity contribution in [2.24, 2.45) is 0 Å². The van der Waals surface area contributed by atoms with Crippen LogP contribution in [0.2, 0.25) is 0 Å². The van der Waals surface area contributed by atoms with Crippen molar-refractivity contribution in [3.8, 4) is 11.3 Å². The number of hydrogen-bond donors (Lipinski definition) is 1. The maximum absolute atomic E-state index is 12.3. The third-order valence-electron chi connectivity index (χ3n) is 4.17. The fourth-order valence-corrected chi connectivity index (χ4v) is 3.05. The molecule has 4 rings (SSSR count). The number of non-ortho nitro benzene ring substituents is 1. The highest BCUT2D eigenvalue weighted by atomic mass is 16.6. The fraction of sp³-hybridized carbons (Fsp3) is 0. The average molecular weight is 350 g/mol. The van der Waals surface area contributed by atoms with Crippen LogP contribution < -0.4 is 5.56 Å². The van der Waals surface area contributed by atoms with Crippen LogP contribution in [0.3, 0.4) is 0 Å². The Bertz CT molecular complexity index is 1270. The van der Waals surface area contributed by atoms with Gasteiger partial charge in [-0.3, -0.25) is 25.0 Å². The Hall–Kier alpha value is -4.01. The molecule has 2 heterocycles. The van der Waals surface area contributed by atoms with Crippen molar-refractivity contribution < 1.29 is 9.85 Å². The summed E-state index contributed by atoms with van der Waals surface area (Å²) in [4.78, 5) is 36.1. The van der Waals surface area contributed by atoms with Crippen LogP contribution in [-0.4, -0.2) is 19.2 Å². The Balaban J connectivity index is 2.12. The lowest BCUT2D eigenvalue weighted by Gasteiger charge is -2.08. The van der Waals surface area contributed by atoms with Crippen LogP contribution in [0.4, 0.5) is 11.4 Å². The molecular formula is C17H10N4O5. The van der Waals surface area contributed by atoms with Crippen LogP contribution in [0, 0.1) is 20.2 Å². The third-order valence-corrected chi connectivity index (χ3v) is 4.17. The number of para-hydroxylation sites is 2. The molecule has 0 amide bonds. The van der Waals surface area contributed by atoms with E-state index in [1.54, 1.807) is 40.8 Å². The first-order valence-corrected chi connectivity index (χ1v) is 7.53. The van der Waals surface area contributed by atoms with Crippen LogP contribution in [0.5, 0.6) is 0 Å². The molecule has 0 fully saturated rings. The molecule has 0 atom stereocenters. The van der Waals surface area contributed by atoms with Gasteiger partial charge in [0.15, 0.2) is 0 Å². The molecule has 0 saturated carbocycles. The van der Waals surface area contributed by atoms with E-state index in [-0.39, 0.29) is 16.8 Å². The second-order valence-electron chi connectivity index (χ2n) is 5.63. The lowest BCUT2D eigenvalue weighted by Crippen LogP contribution is -2.10. The van der Waals surface area contributed by atoms with E-state index in [1.165, 1.54) is 12.1 Å². The molecule has 128 valence electrons. The van der Waals surface area contributed by atoms with Gasteiger partial charge in [-0.2, -0.15) is 0 Å². The molecule has 0 saturated heterocycles. The first-order valence-electron chi connectivity index (χ1n) is 7.53. The minimum absolute atomic E-state index is 0.191. The molecule has 0 aliphatic heterocycles. The van der Waals surface area contributed by atoms with Crippen molar-refractivity contribution >= 4 is 27.9 Å². The number of hydrogen-bond acceptors (Lipinski definition) is 5. The zero-order chi connectivity index (χ0) is 18.4. The topological polar surface area (TPSA) is 124 Å². The molecule has 4 aromatic rings. The first-order chi connectivity index (χ1) is 12.5. The number of aromatic nitrogens is 2. The molecule has 2 aromatic carbocycles. The molecule has 0 aliphatic carbocycles. The van der Waals surface area contributed by atoms with Gasteiger partial charge >= 0.3 is 0 Å². The highest BCUT2D eigenvalue weighted by molar-refractivity contribution is 5.84. The predicted molar refractivity (Wildman–Crippen MR) is 94.3 cm³/mol. The lowest BCUT2D eigenvalue weighted by molar-refractivity contribution is -0.393. The second-order valence-corrected chi connectivity index (χ2v) is 5.63. The van der Waals surface area contributed by atoms with E-state index >= 15 is 0 Å². The summed E-state index contributed by atoms with van der Waals surface area (Å²) in [6.45, 7) is 0. The van der Waals surface area contributed by atoms with E-state index in [9.17, 15) is 25.0 Å². The lowest BCUT2D eigenvalue weighted by atomic mass is 10.1. The van der Waals surface area contributed by atoms with Crippen molar-refractivity contribution in [2.45, 2.75) is 0 Å². The highest BCUT2D eigenvalue weighted by Crippen LogP contribution is 2.34. The molecule has 9 heteroatoms. The van der Waals surface area contributed by atoms with Gasteiger partial charge in [0, 0.05) is 6.07 Å².